The van der Waals surface area contributed by atoms with Crippen molar-refractivity contribution in [3.05, 3.63) is 462 Å². The molecule has 1 heterocycles. The number of thiophene rings is 1. The zero-order valence-electron chi connectivity index (χ0n) is 65.2. The summed E-state index contributed by atoms with van der Waals surface area (Å²) in [6.45, 7) is 1.90. The van der Waals surface area contributed by atoms with Crippen molar-refractivity contribution in [1.29, 1.82) is 0 Å². The first-order chi connectivity index (χ1) is 60.4. The van der Waals surface area contributed by atoms with Crippen LogP contribution < -0.4 is 0 Å². The van der Waals surface area contributed by atoms with Crippen LogP contribution in [0.1, 0.15) is 16.7 Å². The van der Waals surface area contributed by atoms with Gasteiger partial charge in [0.15, 0.2) is 131 Å². The lowest BCUT2D eigenvalue weighted by Gasteiger charge is -2.11. The largest absolute Gasteiger partial charge is 0.416 e. The lowest BCUT2D eigenvalue weighted by molar-refractivity contribution is -0.138. The van der Waals surface area contributed by atoms with Gasteiger partial charge < -0.3 is 0 Å². The predicted molar refractivity (Wildman–Crippen MR) is 460 cm³/mol. The Labute approximate surface area is 723 Å². The van der Waals surface area contributed by atoms with Crippen LogP contribution in [0.4, 0.5) is 87.8 Å². The maximum absolute atomic E-state index is 13.8. The highest BCUT2D eigenvalue weighted by Gasteiger charge is 2.38. The van der Waals surface area contributed by atoms with Crippen molar-refractivity contribution in [3.8, 4) is 4.90 Å². The third-order valence-electron chi connectivity index (χ3n) is 19.3. The molecule has 0 amide bonds. The van der Waals surface area contributed by atoms with E-state index < -0.39 is 136 Å². The zero-order valence-corrected chi connectivity index (χ0v) is 69.3. The molecular formula is C101H63F20S5+5. The first kappa shape index (κ1) is 89.7. The average Bonchev–Trinajstić information content (AvgIpc) is 1.58. The number of aryl methyl sites for hydroxylation is 1. The Bertz CT molecular complexity index is 6580. The van der Waals surface area contributed by atoms with Gasteiger partial charge in [0, 0.05) is 71.1 Å². The van der Waals surface area contributed by atoms with E-state index in [0.717, 1.165) is 138 Å². The Balaban J connectivity index is 0.000000128. The van der Waals surface area contributed by atoms with Gasteiger partial charge in [-0.15, -0.1) is 0 Å². The molecule has 18 aromatic rings. The Hall–Kier alpha value is -12.5. The molecule has 18 rings (SSSR count). The molecule has 1 atom stereocenters. The van der Waals surface area contributed by atoms with Crippen molar-refractivity contribution < 1.29 is 87.8 Å². The highest BCUT2D eigenvalue weighted by atomic mass is 32.2. The van der Waals surface area contributed by atoms with Crippen LogP contribution in [-0.2, 0) is 55.9 Å². The normalized spacial score (nSPS) is 11.7. The number of halogens is 20. The number of hydrogen-bond donors (Lipinski definition) is 0. The number of benzene rings is 17. The minimum atomic E-state index is -4.45. The van der Waals surface area contributed by atoms with Gasteiger partial charge in [-0.05, 0) is 235 Å². The third-order valence-corrected chi connectivity index (χ3v) is 30.4. The second kappa shape index (κ2) is 39.3. The van der Waals surface area contributed by atoms with Crippen molar-refractivity contribution in [3.63, 3.8) is 0 Å². The minimum Gasteiger partial charge on any atom is -0.207 e. The number of hydrogen-bond acceptors (Lipinski definition) is 0. The summed E-state index contributed by atoms with van der Waals surface area (Å²) in [5, 5.41) is 4.95. The maximum Gasteiger partial charge on any atom is 0.416 e. The van der Waals surface area contributed by atoms with Crippen molar-refractivity contribution in [2.24, 2.45) is 0 Å². The summed E-state index contributed by atoms with van der Waals surface area (Å²) in [5.41, 5.74) is -0.528. The molecular weight excluding hydrogens is 1750 g/mol. The molecule has 0 saturated heterocycles. The molecule has 0 nitrogen and oxygen atoms in total. The van der Waals surface area contributed by atoms with Gasteiger partial charge in [-0.25, -0.2) is 61.5 Å². The minimum absolute atomic E-state index is 0.170. The number of fused-ring (bicyclic) bond motifs is 5. The van der Waals surface area contributed by atoms with Gasteiger partial charge in [-0.1, -0.05) is 103 Å². The molecule has 0 fully saturated rings. The van der Waals surface area contributed by atoms with E-state index >= 15 is 0 Å². The van der Waals surface area contributed by atoms with Gasteiger partial charge >= 0.3 is 12.4 Å². The molecule has 0 N–H and O–H groups in total. The molecule has 17 aromatic carbocycles. The fourth-order valence-electron chi connectivity index (χ4n) is 13.4. The molecule has 126 heavy (non-hydrogen) atoms. The van der Waals surface area contributed by atoms with E-state index in [1.807, 2.05) is 128 Å². The monoisotopic (exact) mass is 1820 g/mol. The molecule has 0 aliphatic rings. The van der Waals surface area contributed by atoms with Crippen LogP contribution >= 0.6 is 10.5 Å². The van der Waals surface area contributed by atoms with Crippen LogP contribution in [0.3, 0.4) is 0 Å². The molecule has 632 valence electrons. The molecule has 1 aromatic heterocycles. The van der Waals surface area contributed by atoms with E-state index in [4.69, 9.17) is 0 Å². The van der Waals surface area contributed by atoms with Crippen LogP contribution in [-0.4, -0.2) is 0 Å². The zero-order chi connectivity index (χ0) is 89.3. The summed E-state index contributed by atoms with van der Waals surface area (Å²) in [6, 6.07) is 95.3. The van der Waals surface area contributed by atoms with Crippen LogP contribution in [0, 0.1) is 88.4 Å². The summed E-state index contributed by atoms with van der Waals surface area (Å²) >= 11 is 0. The lowest BCUT2D eigenvalue weighted by Crippen LogP contribution is -2.09. The van der Waals surface area contributed by atoms with Crippen molar-refractivity contribution in [2.45, 2.75) is 78.0 Å². The van der Waals surface area contributed by atoms with Gasteiger partial charge in [0.1, 0.15) is 23.3 Å². The second-order valence-electron chi connectivity index (χ2n) is 27.8. The van der Waals surface area contributed by atoms with Gasteiger partial charge in [0.05, 0.1) is 65.5 Å². The highest BCUT2D eigenvalue weighted by molar-refractivity contribution is 7.98. The topological polar surface area (TPSA) is 0 Å². The summed E-state index contributed by atoms with van der Waals surface area (Å²) in [4.78, 5) is 9.49. The van der Waals surface area contributed by atoms with Crippen molar-refractivity contribution in [1.82, 2.24) is 0 Å². The quantitative estimate of drug-likeness (QED) is 0.0797. The van der Waals surface area contributed by atoms with E-state index in [-0.39, 0.29) is 37.2 Å². The van der Waals surface area contributed by atoms with E-state index in [2.05, 4.69) is 60.7 Å². The van der Waals surface area contributed by atoms with Crippen LogP contribution in [0.5, 0.6) is 0 Å². The third kappa shape index (κ3) is 21.3. The van der Waals surface area contributed by atoms with E-state index in [1.165, 1.54) is 87.5 Å². The Morgan fingerprint density at radius 3 is 0.905 bits per heavy atom. The molecule has 0 aliphatic heterocycles. The summed E-state index contributed by atoms with van der Waals surface area (Å²) in [6.07, 6.45) is -8.90. The van der Waals surface area contributed by atoms with E-state index in [1.54, 1.807) is 18.2 Å². The molecule has 1 unspecified atom stereocenters. The summed E-state index contributed by atoms with van der Waals surface area (Å²) < 4.78 is 268. The maximum atomic E-state index is 13.8. The van der Waals surface area contributed by atoms with Crippen LogP contribution in [0.2, 0.25) is 0 Å². The number of rotatable bonds is 13. The van der Waals surface area contributed by atoms with E-state index in [9.17, 15) is 87.8 Å². The molecule has 0 spiro atoms. The first-order valence-corrected chi connectivity index (χ1v) is 44.0. The standard InChI is InChI=1S/C22H14F3S.C22H16FS.C21H15F6S.C18H9F6S.C18H9F4S/c23-17-6-9-20(10-7-17)26(22-13-18(24)12-19(25)14-22)21-8-5-15-3-1-2-4-16(15)11-21;23-19-13-11-18-16-22(14-12-17(18)15-19)24(20-7-3-1-4-8-20)21-9-5-2-6-10-21;1-14-2-8-17(9-3-14)28(18-10-4-15(5-11-18)20(22,23)24)19-12-6-16(7-13-19)21(25,26)27;19-13-4-1-10(7-16(13)22)25(11-2-5-14(20)17(23)8-11)12-3-6-15(21)18(24)9-12;19-13-6-11-12-7-14(20)16(22)9-18(12)23(17(11)8-15(13)21)10-4-2-1-3-5-10/h1-14H;1-16H;2-13H,1H3;1-9H;1-9H/q5*+1. The Morgan fingerprint density at radius 2 is 0.484 bits per heavy atom. The first-order valence-electron chi connectivity index (χ1n) is 37.9. The summed E-state index contributed by atoms with van der Waals surface area (Å²) in [5.74, 6) is -12.4. The molecule has 0 saturated carbocycles. The highest BCUT2D eigenvalue weighted by Crippen LogP contribution is 2.50. The van der Waals surface area contributed by atoms with Gasteiger partial charge in [0.25, 0.3) is 0 Å². The molecule has 0 bridgehead atoms. The van der Waals surface area contributed by atoms with Crippen LogP contribution in [0.25, 0.3) is 46.6 Å². The fraction of sp³-hybridized carbons (Fsp3) is 0.0297. The van der Waals surface area contributed by atoms with Crippen LogP contribution in [0.15, 0.2) is 423 Å². The van der Waals surface area contributed by atoms with Gasteiger partial charge in [0.2, 0.25) is 0 Å². The Morgan fingerprint density at radius 1 is 0.198 bits per heavy atom. The molecule has 25 heteroatoms. The van der Waals surface area contributed by atoms with Crippen molar-refractivity contribution in [2.75, 3.05) is 0 Å². The SMILES string of the molecule is Cc1ccc([S+](c2ccc(C(F)(F)F)cc2)c2ccc(C(F)(F)F)cc2)cc1.Fc1cc2c3cc(F)c(F)cc3[s+](-c3ccccc3)c2cc1F.Fc1ccc([S+](c2cc(F)cc(F)c2)c2ccc3ccccc3c2)cc1.Fc1ccc([S+](c2ccc(F)c(F)c2)c2ccc(F)c(F)c2)cc1F.Fc1ccc2cc([S+](c3ccccc3)c3ccccc3)ccc2c1. The lowest BCUT2D eigenvalue weighted by atomic mass is 10.1. The molecule has 0 radical (unpaired) electrons. The Kier molecular flexibility index (Phi) is 28.0. The van der Waals surface area contributed by atoms with Crippen molar-refractivity contribution >= 4 is 95.8 Å². The average molecular weight is 1820 g/mol. The van der Waals surface area contributed by atoms with Gasteiger partial charge in [-0.3, -0.25) is 0 Å². The fourth-order valence-corrected chi connectivity index (χ4v) is 24.2. The summed E-state index contributed by atoms with van der Waals surface area (Å²) in [7, 11) is -3.82. The van der Waals surface area contributed by atoms with Gasteiger partial charge in [-0.2, -0.15) is 26.3 Å². The second-order valence-corrected chi connectivity index (χ2v) is 37.9. The smallest absolute Gasteiger partial charge is 0.207 e. The van der Waals surface area contributed by atoms with E-state index in [0.29, 0.717) is 34.9 Å². The number of alkyl halides is 6. The molecule has 0 aliphatic carbocycles. The predicted octanol–water partition coefficient (Wildman–Crippen LogP) is 31.5.